The molecule has 1 saturated heterocycles. The Kier molecular flexibility index (Phi) is 5.48. The van der Waals surface area contributed by atoms with E-state index >= 15 is 0 Å². The summed E-state index contributed by atoms with van der Waals surface area (Å²) in [5.74, 6) is 2.01. The fourth-order valence-electron chi connectivity index (χ4n) is 3.14. The van der Waals surface area contributed by atoms with E-state index in [1.54, 1.807) is 30.0 Å². The Morgan fingerprint density at radius 1 is 1.07 bits per heavy atom. The van der Waals surface area contributed by atoms with Crippen LogP contribution in [0.25, 0.3) is 11.3 Å². The van der Waals surface area contributed by atoms with E-state index < -0.39 is 0 Å². The van der Waals surface area contributed by atoms with Gasteiger partial charge in [0, 0.05) is 17.1 Å². The van der Waals surface area contributed by atoms with E-state index in [4.69, 9.17) is 27.6 Å². The molecule has 2 aromatic carbocycles. The number of hydrogen-bond acceptors (Lipinski definition) is 3. The normalized spacial score (nSPS) is 16.9. The lowest BCUT2D eigenvalue weighted by Crippen LogP contribution is -2.30. The van der Waals surface area contributed by atoms with Crippen LogP contribution in [-0.2, 0) is 11.2 Å². The van der Waals surface area contributed by atoms with Gasteiger partial charge in [0.2, 0.25) is 5.91 Å². The number of thioether (sulfide) groups is 1. The molecule has 1 aromatic heterocycles. The van der Waals surface area contributed by atoms with Gasteiger partial charge in [-0.05, 0) is 42.3 Å². The van der Waals surface area contributed by atoms with Crippen molar-refractivity contribution in [2.45, 2.75) is 11.8 Å². The van der Waals surface area contributed by atoms with Crippen LogP contribution in [0.15, 0.2) is 65.1 Å². The summed E-state index contributed by atoms with van der Waals surface area (Å²) in [4.78, 5) is 14.3. The van der Waals surface area contributed by atoms with Crippen molar-refractivity contribution in [1.82, 2.24) is 4.90 Å². The molecule has 2 heterocycles. The van der Waals surface area contributed by atoms with Gasteiger partial charge >= 0.3 is 0 Å². The molecule has 1 amide bonds. The lowest BCUT2D eigenvalue weighted by Gasteiger charge is -2.22. The standard InChI is InChI=1S/C21H17Cl2NO2S/c22-15-6-7-17(23)16(12-15)18-8-9-19(26-18)21-24(20(25)13-27-21)11-10-14-4-2-1-3-5-14/h1-9,12,21H,10-11,13H2/t21-/m0/s1. The van der Waals surface area contributed by atoms with Gasteiger partial charge in [0.05, 0.1) is 10.8 Å². The molecule has 0 spiro atoms. The first kappa shape index (κ1) is 18.5. The summed E-state index contributed by atoms with van der Waals surface area (Å²) >= 11 is 14.0. The number of hydrogen-bond donors (Lipinski definition) is 0. The highest BCUT2D eigenvalue weighted by molar-refractivity contribution is 8.00. The van der Waals surface area contributed by atoms with E-state index in [2.05, 4.69) is 12.1 Å². The lowest BCUT2D eigenvalue weighted by atomic mass is 10.1. The first-order valence-corrected chi connectivity index (χ1v) is 10.4. The SMILES string of the molecule is O=C1CS[C@@H](c2ccc(-c3cc(Cl)ccc3Cl)o2)N1CCc1ccccc1. The molecule has 3 aromatic rings. The van der Waals surface area contributed by atoms with Crippen LogP contribution in [0.3, 0.4) is 0 Å². The number of nitrogens with zero attached hydrogens (tertiary/aromatic N) is 1. The predicted octanol–water partition coefficient (Wildman–Crippen LogP) is 6.07. The van der Waals surface area contributed by atoms with Crippen molar-refractivity contribution in [3.05, 3.63) is 82.0 Å². The van der Waals surface area contributed by atoms with Crippen molar-refractivity contribution in [3.63, 3.8) is 0 Å². The van der Waals surface area contributed by atoms with Crippen LogP contribution >= 0.6 is 35.0 Å². The fraction of sp³-hybridized carbons (Fsp3) is 0.190. The van der Waals surface area contributed by atoms with Crippen molar-refractivity contribution in [3.8, 4) is 11.3 Å². The summed E-state index contributed by atoms with van der Waals surface area (Å²) in [6, 6.07) is 19.3. The first-order valence-electron chi connectivity index (χ1n) is 8.62. The minimum Gasteiger partial charge on any atom is -0.458 e. The Hall–Kier alpha value is -1.88. The molecule has 1 aliphatic heterocycles. The molecule has 0 N–H and O–H groups in total. The second kappa shape index (κ2) is 8.01. The van der Waals surface area contributed by atoms with Crippen LogP contribution in [0, 0.1) is 0 Å². The van der Waals surface area contributed by atoms with E-state index in [0.717, 1.165) is 17.7 Å². The first-order chi connectivity index (χ1) is 13.1. The second-order valence-electron chi connectivity index (χ2n) is 6.31. The third kappa shape index (κ3) is 4.03. The predicted molar refractivity (Wildman–Crippen MR) is 111 cm³/mol. The molecule has 0 bridgehead atoms. The molecule has 1 atom stereocenters. The largest absolute Gasteiger partial charge is 0.458 e. The number of furan rings is 1. The molecule has 0 radical (unpaired) electrons. The van der Waals surface area contributed by atoms with Gasteiger partial charge in [-0.1, -0.05) is 53.5 Å². The van der Waals surface area contributed by atoms with Gasteiger partial charge in [0.25, 0.3) is 0 Å². The highest BCUT2D eigenvalue weighted by Crippen LogP contribution is 2.41. The summed E-state index contributed by atoms with van der Waals surface area (Å²) < 4.78 is 6.06. The Morgan fingerprint density at radius 3 is 2.70 bits per heavy atom. The molecule has 138 valence electrons. The molecule has 0 saturated carbocycles. The third-order valence-corrected chi connectivity index (χ3v) is 6.30. The Labute approximate surface area is 172 Å². The maximum absolute atomic E-state index is 12.4. The summed E-state index contributed by atoms with van der Waals surface area (Å²) in [5.41, 5.74) is 1.97. The molecule has 0 unspecified atom stereocenters. The van der Waals surface area contributed by atoms with Crippen LogP contribution in [0.2, 0.25) is 10.0 Å². The van der Waals surface area contributed by atoms with Gasteiger partial charge in [-0.25, -0.2) is 0 Å². The molecule has 27 heavy (non-hydrogen) atoms. The van der Waals surface area contributed by atoms with Gasteiger partial charge in [0.15, 0.2) is 0 Å². The summed E-state index contributed by atoms with van der Waals surface area (Å²) in [5, 5.41) is 1.06. The van der Waals surface area contributed by atoms with Gasteiger partial charge < -0.3 is 9.32 Å². The van der Waals surface area contributed by atoms with Gasteiger partial charge in [-0.3, -0.25) is 4.79 Å². The number of carbonyl (C=O) groups is 1. The van der Waals surface area contributed by atoms with Crippen LogP contribution in [0.4, 0.5) is 0 Å². The minimum absolute atomic E-state index is 0.118. The number of amides is 1. The number of rotatable bonds is 5. The lowest BCUT2D eigenvalue weighted by molar-refractivity contribution is -0.128. The minimum atomic E-state index is -0.118. The monoisotopic (exact) mass is 417 g/mol. The van der Waals surface area contributed by atoms with E-state index in [9.17, 15) is 4.79 Å². The molecule has 4 rings (SSSR count). The Bertz CT molecular complexity index is 958. The molecule has 0 aliphatic carbocycles. The zero-order valence-electron chi connectivity index (χ0n) is 14.4. The van der Waals surface area contributed by atoms with E-state index in [1.165, 1.54) is 5.56 Å². The van der Waals surface area contributed by atoms with Crippen molar-refractivity contribution in [1.29, 1.82) is 0 Å². The molecule has 6 heteroatoms. The Balaban J connectivity index is 1.54. The van der Waals surface area contributed by atoms with Crippen molar-refractivity contribution >= 4 is 40.9 Å². The fourth-order valence-corrected chi connectivity index (χ4v) is 4.69. The number of benzene rings is 2. The third-order valence-electron chi connectivity index (χ3n) is 4.52. The molecule has 3 nitrogen and oxygen atoms in total. The molecular weight excluding hydrogens is 401 g/mol. The zero-order valence-corrected chi connectivity index (χ0v) is 16.7. The molecular formula is C21H17Cl2NO2S. The molecule has 1 aliphatic rings. The van der Waals surface area contributed by atoms with Gasteiger partial charge in [-0.2, -0.15) is 0 Å². The summed E-state index contributed by atoms with van der Waals surface area (Å²) in [6.45, 7) is 0.661. The van der Waals surface area contributed by atoms with Crippen molar-refractivity contribution < 1.29 is 9.21 Å². The number of carbonyl (C=O) groups excluding carboxylic acids is 1. The highest BCUT2D eigenvalue weighted by atomic mass is 35.5. The van der Waals surface area contributed by atoms with E-state index in [1.807, 2.05) is 35.2 Å². The average molecular weight is 418 g/mol. The second-order valence-corrected chi connectivity index (χ2v) is 8.22. The van der Waals surface area contributed by atoms with Crippen molar-refractivity contribution in [2.24, 2.45) is 0 Å². The Morgan fingerprint density at radius 2 is 1.89 bits per heavy atom. The van der Waals surface area contributed by atoms with Gasteiger partial charge in [0.1, 0.15) is 16.9 Å². The maximum Gasteiger partial charge on any atom is 0.233 e. The maximum atomic E-state index is 12.4. The number of halogens is 2. The van der Waals surface area contributed by atoms with E-state index in [0.29, 0.717) is 28.1 Å². The molecule has 1 fully saturated rings. The summed E-state index contributed by atoms with van der Waals surface area (Å²) in [7, 11) is 0. The van der Waals surface area contributed by atoms with Crippen LogP contribution in [0.1, 0.15) is 16.7 Å². The van der Waals surface area contributed by atoms with Crippen LogP contribution in [-0.4, -0.2) is 23.1 Å². The van der Waals surface area contributed by atoms with E-state index in [-0.39, 0.29) is 11.3 Å². The highest BCUT2D eigenvalue weighted by Gasteiger charge is 2.34. The zero-order chi connectivity index (χ0) is 18.8. The van der Waals surface area contributed by atoms with Crippen LogP contribution in [0.5, 0.6) is 0 Å². The summed E-state index contributed by atoms with van der Waals surface area (Å²) in [6.07, 6.45) is 0.817. The quantitative estimate of drug-likeness (QED) is 0.504. The van der Waals surface area contributed by atoms with Crippen molar-refractivity contribution in [2.75, 3.05) is 12.3 Å². The smallest absolute Gasteiger partial charge is 0.233 e. The van der Waals surface area contributed by atoms with Crippen LogP contribution < -0.4 is 0 Å². The van der Waals surface area contributed by atoms with Gasteiger partial charge in [-0.15, -0.1) is 11.8 Å². The average Bonchev–Trinajstić information content (AvgIpc) is 3.29. The topological polar surface area (TPSA) is 33.5 Å².